The van der Waals surface area contributed by atoms with Crippen molar-refractivity contribution in [3.63, 3.8) is 0 Å². The summed E-state index contributed by atoms with van der Waals surface area (Å²) in [5, 5.41) is 2.85. The minimum Gasteiger partial charge on any atom is -0.326 e. The predicted molar refractivity (Wildman–Crippen MR) is 56.1 cm³/mol. The van der Waals surface area contributed by atoms with Crippen LogP contribution in [-0.4, -0.2) is 5.91 Å². The van der Waals surface area contributed by atoms with Crippen molar-refractivity contribution < 1.29 is 4.79 Å². The second kappa shape index (κ2) is 3.98. The fraction of sp³-hybridized carbons (Fsp3) is 0.300. The fourth-order valence-electron chi connectivity index (χ4n) is 1.61. The highest BCUT2D eigenvalue weighted by Crippen LogP contribution is 2.23. The van der Waals surface area contributed by atoms with Crippen LogP contribution in [0.15, 0.2) is 18.2 Å². The first-order valence-corrected chi connectivity index (χ1v) is 4.92. The van der Waals surface area contributed by atoms with Crippen molar-refractivity contribution in [2.75, 3.05) is 5.32 Å². The molecule has 4 heteroatoms. The Morgan fingerprint density at radius 3 is 3.07 bits per heavy atom. The Balaban J connectivity index is 2.28. The van der Waals surface area contributed by atoms with E-state index in [0.717, 1.165) is 17.7 Å². The average molecular weight is 211 g/mol. The molecule has 2 rings (SSSR count). The molecule has 1 aliphatic heterocycles. The lowest BCUT2D eigenvalue weighted by Gasteiger charge is -2.17. The molecule has 0 atom stereocenters. The number of anilines is 1. The van der Waals surface area contributed by atoms with Crippen molar-refractivity contribution in [2.45, 2.75) is 19.4 Å². The summed E-state index contributed by atoms with van der Waals surface area (Å²) in [5.41, 5.74) is 3.19. The summed E-state index contributed by atoms with van der Waals surface area (Å²) >= 11 is 5.41. The molecule has 0 bridgehead atoms. The molecular formula is C10H11ClN2O. The van der Waals surface area contributed by atoms with Crippen molar-refractivity contribution in [2.24, 2.45) is 0 Å². The number of nitrogens with one attached hydrogen (secondary N) is 2. The summed E-state index contributed by atoms with van der Waals surface area (Å²) in [6, 6.07) is 6.02. The summed E-state index contributed by atoms with van der Waals surface area (Å²) in [6.07, 6.45) is 1.41. The fourth-order valence-corrected chi connectivity index (χ4v) is 1.76. The largest absolute Gasteiger partial charge is 0.326 e. The van der Waals surface area contributed by atoms with Gasteiger partial charge in [-0.15, -0.1) is 0 Å². The van der Waals surface area contributed by atoms with Crippen molar-refractivity contribution >= 4 is 23.4 Å². The molecule has 0 saturated heterocycles. The van der Waals surface area contributed by atoms with Gasteiger partial charge < -0.3 is 5.32 Å². The van der Waals surface area contributed by atoms with E-state index in [9.17, 15) is 4.79 Å². The smallest absolute Gasteiger partial charge is 0.224 e. The Labute approximate surface area is 87.6 Å². The quantitative estimate of drug-likeness (QED) is 0.732. The van der Waals surface area contributed by atoms with Crippen molar-refractivity contribution in [3.8, 4) is 0 Å². The lowest BCUT2D eigenvalue weighted by molar-refractivity contribution is -0.116. The van der Waals surface area contributed by atoms with E-state index >= 15 is 0 Å². The predicted octanol–water partition coefficient (Wildman–Crippen LogP) is 1.81. The van der Waals surface area contributed by atoms with Crippen LogP contribution in [0.2, 0.25) is 0 Å². The van der Waals surface area contributed by atoms with E-state index in [0.29, 0.717) is 13.0 Å². The van der Waals surface area contributed by atoms with E-state index in [-0.39, 0.29) is 5.91 Å². The molecule has 1 aromatic carbocycles. The second-order valence-corrected chi connectivity index (χ2v) is 3.62. The summed E-state index contributed by atoms with van der Waals surface area (Å²) in [5.74, 6) is 0.0912. The SMILES string of the molecule is O=C1CCc2ccc(CNCl)cc2N1. The van der Waals surface area contributed by atoms with Crippen LogP contribution in [0.1, 0.15) is 17.5 Å². The van der Waals surface area contributed by atoms with Crippen molar-refractivity contribution in [1.29, 1.82) is 0 Å². The van der Waals surface area contributed by atoms with Crippen LogP contribution in [0.5, 0.6) is 0 Å². The molecule has 1 aliphatic rings. The van der Waals surface area contributed by atoms with Gasteiger partial charge in [-0.1, -0.05) is 12.1 Å². The average Bonchev–Trinajstić information content (AvgIpc) is 2.17. The minimum atomic E-state index is 0.0912. The number of carbonyl (C=O) groups is 1. The van der Waals surface area contributed by atoms with Gasteiger partial charge in [0.1, 0.15) is 0 Å². The molecule has 0 saturated carbocycles. The zero-order valence-electron chi connectivity index (χ0n) is 7.64. The number of carbonyl (C=O) groups excluding carboxylic acids is 1. The van der Waals surface area contributed by atoms with Gasteiger partial charge in [0.05, 0.1) is 0 Å². The van der Waals surface area contributed by atoms with Crippen molar-refractivity contribution in [3.05, 3.63) is 29.3 Å². The van der Waals surface area contributed by atoms with Crippen LogP contribution in [-0.2, 0) is 17.8 Å². The molecule has 0 aliphatic carbocycles. The van der Waals surface area contributed by atoms with Crippen LogP contribution >= 0.6 is 11.8 Å². The van der Waals surface area contributed by atoms with Crippen LogP contribution < -0.4 is 10.2 Å². The Bertz CT molecular complexity index is 365. The van der Waals surface area contributed by atoms with Crippen LogP contribution in [0.25, 0.3) is 0 Å². The van der Waals surface area contributed by atoms with E-state index in [4.69, 9.17) is 11.8 Å². The first-order chi connectivity index (χ1) is 6.79. The van der Waals surface area contributed by atoms with Crippen LogP contribution in [0.3, 0.4) is 0 Å². The Morgan fingerprint density at radius 1 is 1.43 bits per heavy atom. The standard InChI is InChI=1S/C10H11ClN2O/c11-12-6-7-1-2-8-3-4-10(14)13-9(8)5-7/h1-2,5,12H,3-4,6H2,(H,13,14). The molecule has 74 valence electrons. The van der Waals surface area contributed by atoms with E-state index in [1.54, 1.807) is 0 Å². The Morgan fingerprint density at radius 2 is 2.29 bits per heavy atom. The number of amides is 1. The Hall–Kier alpha value is -1.06. The van der Waals surface area contributed by atoms with Crippen molar-refractivity contribution in [1.82, 2.24) is 4.84 Å². The van der Waals surface area contributed by atoms with Crippen LogP contribution in [0, 0.1) is 0 Å². The van der Waals surface area contributed by atoms with Gasteiger partial charge in [0, 0.05) is 18.7 Å². The van der Waals surface area contributed by atoms with Crippen LogP contribution in [0.4, 0.5) is 5.69 Å². The van der Waals surface area contributed by atoms with Gasteiger partial charge in [0.15, 0.2) is 0 Å². The monoisotopic (exact) mass is 210 g/mol. The zero-order valence-corrected chi connectivity index (χ0v) is 8.40. The third-order valence-electron chi connectivity index (χ3n) is 2.34. The van der Waals surface area contributed by atoms with E-state index in [2.05, 4.69) is 10.2 Å². The van der Waals surface area contributed by atoms with Gasteiger partial charge in [-0.2, -0.15) is 0 Å². The zero-order chi connectivity index (χ0) is 9.97. The summed E-state index contributed by atoms with van der Waals surface area (Å²) in [6.45, 7) is 0.602. The highest BCUT2D eigenvalue weighted by atomic mass is 35.5. The molecule has 1 amide bonds. The molecule has 1 aromatic rings. The molecule has 2 N–H and O–H groups in total. The van der Waals surface area contributed by atoms with Gasteiger partial charge in [0.25, 0.3) is 0 Å². The molecule has 1 heterocycles. The van der Waals surface area contributed by atoms with E-state index < -0.39 is 0 Å². The molecular weight excluding hydrogens is 200 g/mol. The first-order valence-electron chi connectivity index (χ1n) is 4.55. The highest BCUT2D eigenvalue weighted by Gasteiger charge is 2.14. The number of halogens is 1. The number of fused-ring (bicyclic) bond motifs is 1. The third-order valence-corrected chi connectivity index (χ3v) is 2.47. The molecule has 0 radical (unpaired) electrons. The third kappa shape index (κ3) is 1.89. The summed E-state index contributed by atoms with van der Waals surface area (Å²) < 4.78 is 0. The van der Waals surface area contributed by atoms with Gasteiger partial charge in [-0.05, 0) is 35.4 Å². The van der Waals surface area contributed by atoms with Gasteiger partial charge >= 0.3 is 0 Å². The number of hydrogen-bond acceptors (Lipinski definition) is 2. The van der Waals surface area contributed by atoms with E-state index in [1.165, 1.54) is 5.56 Å². The van der Waals surface area contributed by atoms with Gasteiger partial charge in [-0.3, -0.25) is 4.79 Å². The molecule has 0 spiro atoms. The second-order valence-electron chi connectivity index (χ2n) is 3.35. The first kappa shape index (κ1) is 9.49. The molecule has 0 aromatic heterocycles. The lowest BCUT2D eigenvalue weighted by atomic mass is 10.0. The summed E-state index contributed by atoms with van der Waals surface area (Å²) in [4.78, 5) is 13.7. The Kier molecular flexibility index (Phi) is 2.70. The minimum absolute atomic E-state index is 0.0912. The molecule has 14 heavy (non-hydrogen) atoms. The molecule has 0 fully saturated rings. The highest BCUT2D eigenvalue weighted by molar-refractivity contribution is 6.13. The number of hydrogen-bond donors (Lipinski definition) is 2. The number of benzene rings is 1. The van der Waals surface area contributed by atoms with Gasteiger partial charge in [0.2, 0.25) is 5.91 Å². The maximum absolute atomic E-state index is 11.1. The number of rotatable bonds is 2. The lowest BCUT2D eigenvalue weighted by Crippen LogP contribution is -2.19. The van der Waals surface area contributed by atoms with E-state index in [1.807, 2.05) is 18.2 Å². The summed E-state index contributed by atoms with van der Waals surface area (Å²) in [7, 11) is 0. The maximum Gasteiger partial charge on any atom is 0.224 e. The maximum atomic E-state index is 11.1. The number of aryl methyl sites for hydroxylation is 1. The topological polar surface area (TPSA) is 41.1 Å². The van der Waals surface area contributed by atoms with Gasteiger partial charge in [-0.25, -0.2) is 4.84 Å². The normalized spacial score (nSPS) is 14.8. The molecule has 3 nitrogen and oxygen atoms in total. The molecule has 0 unspecified atom stereocenters.